The third-order valence-corrected chi connectivity index (χ3v) is 12.4. The monoisotopic (exact) mass is 1100 g/mol. The van der Waals surface area contributed by atoms with Crippen LogP contribution in [0.3, 0.4) is 0 Å². The van der Waals surface area contributed by atoms with Gasteiger partial charge in [0, 0.05) is 12.8 Å². The molecule has 2 N–H and O–H groups in total. The number of allylic oxidation sites excluding steroid dienone is 25. The van der Waals surface area contributed by atoms with Crippen LogP contribution in [-0.4, -0.2) is 66.5 Å². The molecule has 0 bridgehead atoms. The van der Waals surface area contributed by atoms with Crippen molar-refractivity contribution in [2.24, 2.45) is 0 Å². The van der Waals surface area contributed by atoms with Gasteiger partial charge in [0.15, 0.2) is 6.10 Å². The highest BCUT2D eigenvalue weighted by Gasteiger charge is 2.28. The molecule has 0 aliphatic heterocycles. The van der Waals surface area contributed by atoms with E-state index in [-0.39, 0.29) is 25.9 Å². The molecule has 438 valence electrons. The standard InChI is InChI=1S/C66H103O11P/c1-4-7-10-13-16-19-22-25-28-30-31-33-35-37-40-43-46-49-52-55-64(68)73-59-63(77-66(70)57-54-51-48-45-42-39-36-32-29-26-23-20-17-14-11-8-5-2)61-75-78(71,72)74-60-62(58-67)76-65(69)56-53-50-47-44-41-38-34-27-24-21-18-15-12-9-6-3/h7-12,16-21,25-29,31,33-34,37,40-41,44,50,53,62-63,67H,4-6,13-15,22-24,30,32,35-36,38-39,42-43,45-49,51-52,54-61H2,1-3H3,(H,71,72)/b10-7-,11-8-,12-9-,19-16-,20-17-,21-18-,28-25-,29-26-,33-31-,34-27-,40-37-,44-41-,53-50-. The molecule has 0 radical (unpaired) electrons. The molecule has 12 heteroatoms. The fourth-order valence-corrected chi connectivity index (χ4v) is 7.90. The van der Waals surface area contributed by atoms with Crippen molar-refractivity contribution < 1.29 is 52.2 Å². The Morgan fingerprint density at radius 3 is 1.08 bits per heavy atom. The number of rotatable bonds is 52. The van der Waals surface area contributed by atoms with Crippen LogP contribution in [0.5, 0.6) is 0 Å². The Morgan fingerprint density at radius 1 is 0.372 bits per heavy atom. The van der Waals surface area contributed by atoms with Crippen molar-refractivity contribution >= 4 is 25.7 Å². The summed E-state index contributed by atoms with van der Waals surface area (Å²) < 4.78 is 39.4. The number of esters is 3. The minimum atomic E-state index is -4.80. The van der Waals surface area contributed by atoms with Crippen LogP contribution < -0.4 is 0 Å². The van der Waals surface area contributed by atoms with E-state index in [2.05, 4.69) is 154 Å². The highest BCUT2D eigenvalue weighted by Crippen LogP contribution is 2.43. The average molecular weight is 1100 g/mol. The second-order valence-electron chi connectivity index (χ2n) is 18.7. The van der Waals surface area contributed by atoms with Gasteiger partial charge in [0.25, 0.3) is 0 Å². The van der Waals surface area contributed by atoms with E-state index >= 15 is 0 Å². The fraction of sp³-hybridized carbons (Fsp3) is 0.561. The molecular weight excluding hydrogens is 1000 g/mol. The minimum absolute atomic E-state index is 0.0666. The average Bonchev–Trinajstić information content (AvgIpc) is 3.43. The van der Waals surface area contributed by atoms with E-state index in [1.165, 1.54) is 0 Å². The molecule has 3 atom stereocenters. The molecule has 0 aliphatic carbocycles. The molecule has 0 rings (SSSR count). The third-order valence-electron chi connectivity index (χ3n) is 11.5. The Bertz CT molecular complexity index is 1910. The SMILES string of the molecule is CC/C=C\C/C=C\C/C=C\C/C=C\C/C=C\CCCCCC(=O)OCC(COP(=O)(O)OCC(CO)OC(=O)C/C=C\C/C=C\C/C=C\C/C=C\C/C=C\CC)OC(=O)CCCCCCCCC/C=C\C/C=C\C/C=C\CC. The maximum Gasteiger partial charge on any atom is 0.472 e. The lowest BCUT2D eigenvalue weighted by Gasteiger charge is -2.21. The van der Waals surface area contributed by atoms with E-state index in [0.29, 0.717) is 19.3 Å². The number of carbonyl (C=O) groups is 3. The van der Waals surface area contributed by atoms with Crippen LogP contribution in [0.25, 0.3) is 0 Å². The largest absolute Gasteiger partial charge is 0.472 e. The quantitative estimate of drug-likeness (QED) is 0.0197. The number of aliphatic hydroxyl groups excluding tert-OH is 1. The van der Waals surface area contributed by atoms with E-state index in [4.69, 9.17) is 23.3 Å². The first-order chi connectivity index (χ1) is 38.2. The summed E-state index contributed by atoms with van der Waals surface area (Å²) in [6, 6.07) is 0. The zero-order valence-corrected chi connectivity index (χ0v) is 49.2. The van der Waals surface area contributed by atoms with E-state index in [1.807, 2.05) is 18.2 Å². The number of carbonyl (C=O) groups excluding carboxylic acids is 3. The van der Waals surface area contributed by atoms with Crippen molar-refractivity contribution in [3.05, 3.63) is 158 Å². The molecule has 0 saturated carbocycles. The van der Waals surface area contributed by atoms with Crippen molar-refractivity contribution in [1.29, 1.82) is 0 Å². The van der Waals surface area contributed by atoms with Gasteiger partial charge in [-0.05, 0) is 122 Å². The predicted octanol–water partition coefficient (Wildman–Crippen LogP) is 17.7. The molecule has 0 aliphatic rings. The number of hydrogen-bond acceptors (Lipinski definition) is 10. The second-order valence-corrected chi connectivity index (χ2v) is 20.1. The van der Waals surface area contributed by atoms with Gasteiger partial charge in [-0.15, -0.1) is 0 Å². The second kappa shape index (κ2) is 58.3. The Morgan fingerprint density at radius 2 is 0.679 bits per heavy atom. The summed E-state index contributed by atoms with van der Waals surface area (Å²) >= 11 is 0. The molecule has 0 aromatic carbocycles. The van der Waals surface area contributed by atoms with Crippen LogP contribution in [0, 0.1) is 0 Å². The summed E-state index contributed by atoms with van der Waals surface area (Å²) in [5.74, 6) is -1.67. The van der Waals surface area contributed by atoms with Gasteiger partial charge in [0.05, 0.1) is 26.2 Å². The first kappa shape index (κ1) is 73.1. The number of ether oxygens (including phenoxy) is 3. The molecule has 78 heavy (non-hydrogen) atoms. The molecule has 0 aromatic heterocycles. The van der Waals surface area contributed by atoms with E-state index < -0.39 is 57.8 Å². The summed E-state index contributed by atoms with van der Waals surface area (Å²) in [6.45, 7) is 4.12. The third kappa shape index (κ3) is 55.8. The van der Waals surface area contributed by atoms with Crippen LogP contribution in [0.15, 0.2) is 158 Å². The van der Waals surface area contributed by atoms with Gasteiger partial charge in [-0.1, -0.05) is 217 Å². The van der Waals surface area contributed by atoms with E-state index in [0.717, 1.165) is 141 Å². The Hall–Kier alpha value is -4.90. The van der Waals surface area contributed by atoms with E-state index in [9.17, 15) is 28.9 Å². The molecule has 0 spiro atoms. The topological polar surface area (TPSA) is 155 Å². The van der Waals surface area contributed by atoms with Gasteiger partial charge in [-0.25, -0.2) is 4.57 Å². The van der Waals surface area contributed by atoms with Crippen molar-refractivity contribution in [3.63, 3.8) is 0 Å². The number of unbranched alkanes of at least 4 members (excludes halogenated alkanes) is 10. The van der Waals surface area contributed by atoms with Gasteiger partial charge in [-0.3, -0.25) is 23.4 Å². The predicted molar refractivity (Wildman–Crippen MR) is 325 cm³/mol. The summed E-state index contributed by atoms with van der Waals surface area (Å²) in [5.41, 5.74) is 0. The Kier molecular flexibility index (Phi) is 54.6. The first-order valence-electron chi connectivity index (χ1n) is 29.4. The highest BCUT2D eigenvalue weighted by atomic mass is 31.2. The Labute approximate surface area is 473 Å². The summed E-state index contributed by atoms with van der Waals surface area (Å²) in [6.07, 6.45) is 76.6. The van der Waals surface area contributed by atoms with Crippen LogP contribution in [0.2, 0.25) is 0 Å². The first-order valence-corrected chi connectivity index (χ1v) is 30.9. The molecule has 11 nitrogen and oxygen atoms in total. The zero-order valence-electron chi connectivity index (χ0n) is 48.3. The maximum absolute atomic E-state index is 12.9. The van der Waals surface area contributed by atoms with Crippen molar-refractivity contribution in [2.75, 3.05) is 26.4 Å². The van der Waals surface area contributed by atoms with Gasteiger partial charge in [-0.2, -0.15) is 0 Å². The van der Waals surface area contributed by atoms with Gasteiger partial charge < -0.3 is 24.2 Å². The van der Waals surface area contributed by atoms with Crippen LogP contribution in [-0.2, 0) is 42.2 Å². The zero-order chi connectivity index (χ0) is 56.9. The summed E-state index contributed by atoms with van der Waals surface area (Å²) in [4.78, 5) is 48.6. The Balaban J connectivity index is 4.90. The van der Waals surface area contributed by atoms with Crippen LogP contribution in [0.4, 0.5) is 0 Å². The molecular formula is C66H103O11P. The normalized spacial score (nSPS) is 14.5. The number of phosphoric acid groups is 1. The number of aliphatic hydroxyl groups is 1. The fourth-order valence-electron chi connectivity index (χ4n) is 7.12. The molecule has 3 unspecified atom stereocenters. The van der Waals surface area contributed by atoms with Gasteiger partial charge >= 0.3 is 25.7 Å². The minimum Gasteiger partial charge on any atom is -0.462 e. The number of hydrogen-bond donors (Lipinski definition) is 2. The van der Waals surface area contributed by atoms with Crippen LogP contribution >= 0.6 is 7.82 Å². The molecule has 0 aromatic rings. The number of phosphoric ester groups is 1. The molecule has 0 saturated heterocycles. The summed E-state index contributed by atoms with van der Waals surface area (Å²) in [5, 5.41) is 9.80. The van der Waals surface area contributed by atoms with E-state index in [1.54, 1.807) is 6.08 Å². The molecule has 0 amide bonds. The molecule has 0 heterocycles. The van der Waals surface area contributed by atoms with Crippen LogP contribution in [0.1, 0.15) is 201 Å². The lowest BCUT2D eigenvalue weighted by atomic mass is 10.1. The van der Waals surface area contributed by atoms with Gasteiger partial charge in [0.1, 0.15) is 12.7 Å². The maximum atomic E-state index is 12.9. The van der Waals surface area contributed by atoms with Crippen molar-refractivity contribution in [2.45, 2.75) is 213 Å². The molecule has 0 fully saturated rings. The van der Waals surface area contributed by atoms with Gasteiger partial charge in [0.2, 0.25) is 0 Å². The lowest BCUT2D eigenvalue weighted by molar-refractivity contribution is -0.161. The summed E-state index contributed by atoms with van der Waals surface area (Å²) in [7, 11) is -4.80. The highest BCUT2D eigenvalue weighted by molar-refractivity contribution is 7.47. The lowest BCUT2D eigenvalue weighted by Crippen LogP contribution is -2.30. The smallest absolute Gasteiger partial charge is 0.462 e. The van der Waals surface area contributed by atoms with Crippen molar-refractivity contribution in [3.8, 4) is 0 Å². The van der Waals surface area contributed by atoms with Crippen molar-refractivity contribution in [1.82, 2.24) is 0 Å².